The SMILES string of the molecule is CC(C)(C)OC(=O)NC1CCCC1.COCc1cc(NC(=O)OC(C)(C)C)c(N)c(N(C)N)c1. The number of carbonyl (C=O) groups excluding carboxylic acids is 2. The third-order valence-corrected chi connectivity index (χ3v) is 4.62. The Morgan fingerprint density at radius 1 is 1.03 bits per heavy atom. The van der Waals surface area contributed by atoms with Gasteiger partial charge in [-0.15, -0.1) is 0 Å². The van der Waals surface area contributed by atoms with E-state index < -0.39 is 11.7 Å². The molecule has 1 aliphatic rings. The van der Waals surface area contributed by atoms with Crippen molar-refractivity contribution < 1.29 is 23.8 Å². The third-order valence-electron chi connectivity index (χ3n) is 4.62. The molecule has 0 radical (unpaired) electrons. The largest absolute Gasteiger partial charge is 0.444 e. The van der Waals surface area contributed by atoms with E-state index in [1.807, 2.05) is 20.8 Å². The van der Waals surface area contributed by atoms with E-state index in [1.54, 1.807) is 47.1 Å². The summed E-state index contributed by atoms with van der Waals surface area (Å²) < 4.78 is 15.5. The maximum atomic E-state index is 11.9. The first-order valence-corrected chi connectivity index (χ1v) is 11.5. The minimum Gasteiger partial charge on any atom is -0.444 e. The Hall–Kier alpha value is -2.72. The normalized spacial score (nSPS) is 14.0. The molecule has 0 bridgehead atoms. The van der Waals surface area contributed by atoms with Crippen LogP contribution in [0.4, 0.5) is 26.7 Å². The van der Waals surface area contributed by atoms with Crippen LogP contribution in [-0.2, 0) is 20.8 Å². The lowest BCUT2D eigenvalue weighted by Gasteiger charge is -2.22. The van der Waals surface area contributed by atoms with Crippen LogP contribution in [0.15, 0.2) is 12.1 Å². The first-order valence-electron chi connectivity index (χ1n) is 11.5. The number of anilines is 3. The summed E-state index contributed by atoms with van der Waals surface area (Å²) in [6.07, 6.45) is 3.79. The topological polar surface area (TPSA) is 141 Å². The molecule has 0 heterocycles. The summed E-state index contributed by atoms with van der Waals surface area (Å²) in [6.45, 7) is 11.4. The molecule has 2 rings (SSSR count). The van der Waals surface area contributed by atoms with Gasteiger partial charge in [-0.05, 0) is 72.1 Å². The molecule has 10 nitrogen and oxygen atoms in total. The van der Waals surface area contributed by atoms with Gasteiger partial charge in [-0.2, -0.15) is 0 Å². The van der Waals surface area contributed by atoms with E-state index in [9.17, 15) is 9.59 Å². The lowest BCUT2D eigenvalue weighted by molar-refractivity contribution is 0.0504. The number of hydrogen-bond donors (Lipinski definition) is 4. The number of hydrogen-bond acceptors (Lipinski definition) is 8. The number of rotatable bonds is 5. The standard InChI is InChI=1S/C14H24N4O3.C10H19NO2/c1-14(2,3)21-13(19)17-10-6-9(8-20-5)7-11(12(10)15)18(4)16;1-10(2,3)13-9(12)11-8-6-4-5-7-8/h6-7H,8,15-16H2,1-5H3,(H,17,19);8H,4-7H2,1-3H3,(H,11,12). The summed E-state index contributed by atoms with van der Waals surface area (Å²) in [5.74, 6) is 5.75. The van der Waals surface area contributed by atoms with Gasteiger partial charge >= 0.3 is 12.2 Å². The lowest BCUT2D eigenvalue weighted by atomic mass is 10.1. The van der Waals surface area contributed by atoms with Crippen molar-refractivity contribution >= 4 is 29.2 Å². The number of ether oxygens (including phenoxy) is 3. The minimum absolute atomic E-state index is 0.278. The maximum absolute atomic E-state index is 11.9. The van der Waals surface area contributed by atoms with Crippen molar-refractivity contribution in [3.05, 3.63) is 17.7 Å². The average molecular weight is 482 g/mol. The summed E-state index contributed by atoms with van der Waals surface area (Å²) in [5, 5.41) is 6.89. The number of carbonyl (C=O) groups is 2. The van der Waals surface area contributed by atoms with Crippen LogP contribution in [0.25, 0.3) is 0 Å². The Morgan fingerprint density at radius 3 is 2.03 bits per heavy atom. The zero-order valence-electron chi connectivity index (χ0n) is 21.9. The highest BCUT2D eigenvalue weighted by Crippen LogP contribution is 2.31. The van der Waals surface area contributed by atoms with Gasteiger partial charge in [-0.1, -0.05) is 12.8 Å². The van der Waals surface area contributed by atoms with Crippen molar-refractivity contribution in [3.63, 3.8) is 0 Å². The quantitative estimate of drug-likeness (QED) is 0.273. The van der Waals surface area contributed by atoms with Gasteiger partial charge in [0.2, 0.25) is 0 Å². The fourth-order valence-corrected chi connectivity index (χ4v) is 3.30. The van der Waals surface area contributed by atoms with E-state index in [1.165, 1.54) is 17.9 Å². The fourth-order valence-electron chi connectivity index (χ4n) is 3.30. The zero-order valence-corrected chi connectivity index (χ0v) is 21.9. The van der Waals surface area contributed by atoms with Crippen LogP contribution in [0.5, 0.6) is 0 Å². The summed E-state index contributed by atoms with van der Waals surface area (Å²) in [4.78, 5) is 23.1. The number of benzene rings is 1. The smallest absolute Gasteiger partial charge is 0.412 e. The van der Waals surface area contributed by atoms with Crippen LogP contribution in [0.3, 0.4) is 0 Å². The molecule has 194 valence electrons. The summed E-state index contributed by atoms with van der Waals surface area (Å²) in [5.41, 5.74) is 7.29. The number of nitrogens with one attached hydrogen (secondary N) is 2. The van der Waals surface area contributed by atoms with Crippen LogP contribution in [0.2, 0.25) is 0 Å². The molecule has 10 heteroatoms. The van der Waals surface area contributed by atoms with Crippen molar-refractivity contribution in [2.75, 3.05) is 30.2 Å². The van der Waals surface area contributed by atoms with Crippen LogP contribution in [0, 0.1) is 0 Å². The summed E-state index contributed by atoms with van der Waals surface area (Å²) in [6, 6.07) is 3.88. The van der Waals surface area contributed by atoms with E-state index in [0.717, 1.165) is 18.4 Å². The average Bonchev–Trinajstić information content (AvgIpc) is 3.14. The number of nitrogen functional groups attached to an aromatic ring is 1. The Kier molecular flexibility index (Phi) is 10.9. The molecule has 0 aromatic heterocycles. The molecule has 1 aromatic rings. The molecule has 0 unspecified atom stereocenters. The van der Waals surface area contributed by atoms with Crippen LogP contribution in [0.1, 0.15) is 72.8 Å². The highest BCUT2D eigenvalue weighted by molar-refractivity contribution is 5.93. The number of hydrazine groups is 1. The Bertz CT molecular complexity index is 809. The van der Waals surface area contributed by atoms with Gasteiger partial charge in [0.1, 0.15) is 11.2 Å². The van der Waals surface area contributed by atoms with Crippen LogP contribution < -0.4 is 27.2 Å². The second-order valence-electron chi connectivity index (χ2n) is 10.4. The van der Waals surface area contributed by atoms with E-state index in [2.05, 4.69) is 10.6 Å². The lowest BCUT2D eigenvalue weighted by Crippen LogP contribution is -2.37. The van der Waals surface area contributed by atoms with E-state index in [-0.39, 0.29) is 11.7 Å². The Labute approximate surface area is 203 Å². The van der Waals surface area contributed by atoms with Gasteiger partial charge in [-0.25, -0.2) is 15.4 Å². The van der Waals surface area contributed by atoms with Gasteiger partial charge in [0, 0.05) is 20.2 Å². The second kappa shape index (κ2) is 12.7. The van der Waals surface area contributed by atoms with Gasteiger partial charge in [0.05, 0.1) is 23.7 Å². The number of methoxy groups -OCH3 is 1. The molecule has 1 fully saturated rings. The molecule has 0 aliphatic heterocycles. The van der Waals surface area contributed by atoms with E-state index >= 15 is 0 Å². The molecule has 1 saturated carbocycles. The molecular weight excluding hydrogens is 438 g/mol. The highest BCUT2D eigenvalue weighted by atomic mass is 16.6. The van der Waals surface area contributed by atoms with Crippen LogP contribution >= 0.6 is 0 Å². The number of nitrogens with two attached hydrogens (primary N) is 2. The predicted molar refractivity (Wildman–Crippen MR) is 136 cm³/mol. The molecule has 1 aliphatic carbocycles. The zero-order chi connectivity index (χ0) is 26.1. The molecule has 6 N–H and O–H groups in total. The highest BCUT2D eigenvalue weighted by Gasteiger charge is 2.21. The Balaban J connectivity index is 0.000000380. The van der Waals surface area contributed by atoms with Crippen molar-refractivity contribution in [2.24, 2.45) is 5.84 Å². The molecule has 2 amide bonds. The van der Waals surface area contributed by atoms with Gasteiger partial charge in [0.25, 0.3) is 0 Å². The molecule has 1 aromatic carbocycles. The molecule has 34 heavy (non-hydrogen) atoms. The van der Waals surface area contributed by atoms with E-state index in [4.69, 9.17) is 25.8 Å². The van der Waals surface area contributed by atoms with Gasteiger partial charge < -0.3 is 30.3 Å². The summed E-state index contributed by atoms with van der Waals surface area (Å²) >= 11 is 0. The monoisotopic (exact) mass is 481 g/mol. The van der Waals surface area contributed by atoms with Crippen molar-refractivity contribution in [1.82, 2.24) is 5.32 Å². The third kappa shape index (κ3) is 11.4. The molecular formula is C24H43N5O5. The molecule has 0 atom stereocenters. The number of alkyl carbamates (subject to hydrolysis) is 1. The molecule has 0 spiro atoms. The summed E-state index contributed by atoms with van der Waals surface area (Å²) in [7, 11) is 3.25. The van der Waals surface area contributed by atoms with Crippen molar-refractivity contribution in [3.8, 4) is 0 Å². The number of amides is 2. The van der Waals surface area contributed by atoms with E-state index in [0.29, 0.717) is 29.7 Å². The van der Waals surface area contributed by atoms with Crippen LogP contribution in [-0.4, -0.2) is 43.6 Å². The number of nitrogens with zero attached hydrogens (tertiary/aromatic N) is 1. The van der Waals surface area contributed by atoms with Crippen molar-refractivity contribution in [1.29, 1.82) is 0 Å². The Morgan fingerprint density at radius 2 is 1.56 bits per heavy atom. The first-order chi connectivity index (χ1) is 15.6. The molecule has 0 saturated heterocycles. The second-order valence-corrected chi connectivity index (χ2v) is 10.4. The first kappa shape index (κ1) is 29.3. The minimum atomic E-state index is -0.587. The predicted octanol–water partition coefficient (Wildman–Crippen LogP) is 4.53. The van der Waals surface area contributed by atoms with Gasteiger partial charge in [-0.3, -0.25) is 5.32 Å². The maximum Gasteiger partial charge on any atom is 0.412 e. The van der Waals surface area contributed by atoms with Crippen molar-refractivity contribution in [2.45, 2.75) is 91.1 Å². The fraction of sp³-hybridized carbons (Fsp3) is 0.667. The van der Waals surface area contributed by atoms with Gasteiger partial charge in [0.15, 0.2) is 0 Å².